The molecule has 4 atom stereocenters. The van der Waals surface area contributed by atoms with E-state index in [9.17, 15) is 5.11 Å². The fourth-order valence-corrected chi connectivity index (χ4v) is 2.42. The molecule has 5 heteroatoms. The quantitative estimate of drug-likeness (QED) is 0.762. The maximum atomic E-state index is 9.95. The van der Waals surface area contributed by atoms with Gasteiger partial charge in [-0.05, 0) is 34.6 Å². The number of rotatable bonds is 2. The van der Waals surface area contributed by atoms with Gasteiger partial charge in [-0.2, -0.15) is 0 Å². The number of aliphatic hydroxyl groups excluding tert-OH is 1. The van der Waals surface area contributed by atoms with Crippen molar-refractivity contribution >= 4 is 0 Å². The second-order valence-corrected chi connectivity index (χ2v) is 6.57. The zero-order chi connectivity index (χ0) is 13.6. The van der Waals surface area contributed by atoms with E-state index < -0.39 is 11.9 Å². The van der Waals surface area contributed by atoms with Crippen molar-refractivity contribution in [1.29, 1.82) is 0 Å². The van der Waals surface area contributed by atoms with Crippen molar-refractivity contribution in [2.45, 2.75) is 70.4 Å². The van der Waals surface area contributed by atoms with Gasteiger partial charge in [0, 0.05) is 6.54 Å². The molecule has 2 saturated heterocycles. The Balaban J connectivity index is 2.00. The van der Waals surface area contributed by atoms with Gasteiger partial charge in [-0.15, -0.1) is 0 Å². The maximum absolute atomic E-state index is 9.95. The molecule has 5 nitrogen and oxygen atoms in total. The summed E-state index contributed by atoms with van der Waals surface area (Å²) < 4.78 is 17.4. The zero-order valence-electron chi connectivity index (χ0n) is 11.9. The van der Waals surface area contributed by atoms with Crippen molar-refractivity contribution in [3.8, 4) is 0 Å². The van der Waals surface area contributed by atoms with Gasteiger partial charge in [0.05, 0.1) is 24.4 Å². The molecule has 2 heterocycles. The molecule has 0 saturated carbocycles. The monoisotopic (exact) mass is 259 g/mol. The highest BCUT2D eigenvalue weighted by Crippen LogP contribution is 2.33. The molecule has 1 unspecified atom stereocenters. The Kier molecular flexibility index (Phi) is 3.73. The summed E-state index contributed by atoms with van der Waals surface area (Å²) in [6, 6.07) is 0.0550. The lowest BCUT2D eigenvalue weighted by molar-refractivity contribution is -0.154. The average molecular weight is 259 g/mol. The third-order valence-corrected chi connectivity index (χ3v) is 3.22. The second-order valence-electron chi connectivity index (χ2n) is 6.57. The maximum Gasteiger partial charge on any atom is 0.163 e. The van der Waals surface area contributed by atoms with Crippen LogP contribution in [0, 0.1) is 0 Å². The SMILES string of the molecule is CC(C)(C)OCC1NC[C@@H](O)[C@H]2OC(C)(C)O[C@@H]12. The number of β-amino-alcohol motifs (C(OH)–C–C–N with tert-alkyl or cyclic N) is 1. The molecule has 2 N–H and O–H groups in total. The normalized spacial score (nSPS) is 39.7. The molecule has 0 radical (unpaired) electrons. The van der Waals surface area contributed by atoms with Crippen LogP contribution in [0.15, 0.2) is 0 Å². The van der Waals surface area contributed by atoms with Crippen molar-refractivity contribution in [1.82, 2.24) is 5.32 Å². The number of hydrogen-bond acceptors (Lipinski definition) is 5. The minimum absolute atomic E-state index is 0.0550. The molecule has 0 bridgehead atoms. The molecule has 0 aromatic heterocycles. The highest BCUT2D eigenvalue weighted by molar-refractivity contribution is 4.99. The van der Waals surface area contributed by atoms with Gasteiger partial charge in [0.1, 0.15) is 12.2 Å². The van der Waals surface area contributed by atoms with Gasteiger partial charge >= 0.3 is 0 Å². The number of nitrogens with one attached hydrogen (secondary N) is 1. The molecule has 18 heavy (non-hydrogen) atoms. The fraction of sp³-hybridized carbons (Fsp3) is 1.00. The largest absolute Gasteiger partial charge is 0.389 e. The standard InChI is InChI=1S/C13H25NO4/c1-12(2,3)16-7-8-10-11(9(15)6-14-8)18-13(4,5)17-10/h8-11,14-15H,6-7H2,1-5H3/t8?,9-,10+,11-/m1/s1. The Hall–Kier alpha value is -0.200. The predicted octanol–water partition coefficient (Wildman–Crippen LogP) is 0.654. The van der Waals surface area contributed by atoms with E-state index in [1.165, 1.54) is 0 Å². The van der Waals surface area contributed by atoms with Crippen LogP contribution in [0.1, 0.15) is 34.6 Å². The van der Waals surface area contributed by atoms with Crippen molar-refractivity contribution in [3.05, 3.63) is 0 Å². The Morgan fingerprint density at radius 3 is 2.50 bits per heavy atom. The number of hydrogen-bond donors (Lipinski definition) is 2. The van der Waals surface area contributed by atoms with E-state index in [0.717, 1.165) is 0 Å². The smallest absolute Gasteiger partial charge is 0.163 e. The number of fused-ring (bicyclic) bond motifs is 1. The fourth-order valence-electron chi connectivity index (χ4n) is 2.42. The van der Waals surface area contributed by atoms with Crippen molar-refractivity contribution < 1.29 is 19.3 Å². The summed E-state index contributed by atoms with van der Waals surface area (Å²) in [6.07, 6.45) is -0.955. The third-order valence-electron chi connectivity index (χ3n) is 3.22. The second kappa shape index (κ2) is 4.72. The molecule has 0 spiro atoms. The molecule has 2 aliphatic rings. The summed E-state index contributed by atoms with van der Waals surface area (Å²) in [4.78, 5) is 0. The van der Waals surface area contributed by atoms with E-state index in [2.05, 4.69) is 5.32 Å². The van der Waals surface area contributed by atoms with Crippen LogP contribution >= 0.6 is 0 Å². The molecule has 0 aliphatic carbocycles. The van der Waals surface area contributed by atoms with Gasteiger partial charge < -0.3 is 24.6 Å². The van der Waals surface area contributed by atoms with Crippen molar-refractivity contribution in [2.75, 3.05) is 13.2 Å². The Bertz CT molecular complexity index is 300. The average Bonchev–Trinajstić information content (AvgIpc) is 2.52. The molecule has 2 aliphatic heterocycles. The molecule has 0 aromatic rings. The van der Waals surface area contributed by atoms with E-state index in [0.29, 0.717) is 13.2 Å². The van der Waals surface area contributed by atoms with Crippen molar-refractivity contribution in [2.24, 2.45) is 0 Å². The first-order chi connectivity index (χ1) is 8.18. The van der Waals surface area contributed by atoms with E-state index >= 15 is 0 Å². The predicted molar refractivity (Wildman–Crippen MR) is 67.3 cm³/mol. The van der Waals surface area contributed by atoms with Crippen molar-refractivity contribution in [3.63, 3.8) is 0 Å². The Labute approximate surface area is 109 Å². The van der Waals surface area contributed by atoms with Crippen LogP contribution in [0.4, 0.5) is 0 Å². The van der Waals surface area contributed by atoms with E-state index in [1.54, 1.807) is 0 Å². The van der Waals surface area contributed by atoms with Crippen LogP contribution in [0.25, 0.3) is 0 Å². The lowest BCUT2D eigenvalue weighted by Crippen LogP contribution is -2.60. The minimum atomic E-state index is -0.637. The Morgan fingerprint density at radius 2 is 1.89 bits per heavy atom. The number of piperidine rings is 1. The third kappa shape index (κ3) is 3.22. The van der Waals surface area contributed by atoms with Crippen LogP contribution in [0.2, 0.25) is 0 Å². The van der Waals surface area contributed by atoms with Gasteiger partial charge in [-0.25, -0.2) is 0 Å². The zero-order valence-corrected chi connectivity index (χ0v) is 11.9. The molecular formula is C13H25NO4. The molecular weight excluding hydrogens is 234 g/mol. The summed E-state index contributed by atoms with van der Waals surface area (Å²) in [5.41, 5.74) is -0.178. The summed E-state index contributed by atoms with van der Waals surface area (Å²) in [6.45, 7) is 10.9. The molecule has 0 amide bonds. The lowest BCUT2D eigenvalue weighted by atomic mass is 9.96. The molecule has 0 aromatic carbocycles. The van der Waals surface area contributed by atoms with E-state index in [1.807, 2.05) is 34.6 Å². The first-order valence-electron chi connectivity index (χ1n) is 6.59. The van der Waals surface area contributed by atoms with E-state index in [-0.39, 0.29) is 23.9 Å². The van der Waals surface area contributed by atoms with E-state index in [4.69, 9.17) is 14.2 Å². The summed E-state index contributed by atoms with van der Waals surface area (Å²) >= 11 is 0. The highest BCUT2D eigenvalue weighted by Gasteiger charge is 2.50. The first-order valence-corrected chi connectivity index (χ1v) is 6.59. The van der Waals surface area contributed by atoms with Crippen LogP contribution in [0.3, 0.4) is 0 Å². The van der Waals surface area contributed by atoms with Gasteiger partial charge in [0.15, 0.2) is 5.79 Å². The highest BCUT2D eigenvalue weighted by atomic mass is 16.8. The first kappa shape index (κ1) is 14.2. The van der Waals surface area contributed by atoms with Gasteiger partial charge in [-0.1, -0.05) is 0 Å². The summed E-state index contributed by atoms with van der Waals surface area (Å²) in [5, 5.41) is 13.2. The molecule has 2 rings (SSSR count). The number of ether oxygens (including phenoxy) is 3. The van der Waals surface area contributed by atoms with Crippen LogP contribution in [-0.2, 0) is 14.2 Å². The van der Waals surface area contributed by atoms with Gasteiger partial charge in [0.2, 0.25) is 0 Å². The Morgan fingerprint density at radius 1 is 1.28 bits per heavy atom. The lowest BCUT2D eigenvalue weighted by Gasteiger charge is -2.36. The van der Waals surface area contributed by atoms with Crippen LogP contribution < -0.4 is 5.32 Å². The summed E-state index contributed by atoms with van der Waals surface area (Å²) in [7, 11) is 0. The number of aliphatic hydroxyl groups is 1. The minimum Gasteiger partial charge on any atom is -0.389 e. The van der Waals surface area contributed by atoms with Gasteiger partial charge in [0.25, 0.3) is 0 Å². The van der Waals surface area contributed by atoms with Crippen LogP contribution in [-0.4, -0.2) is 54.0 Å². The molecule has 2 fully saturated rings. The van der Waals surface area contributed by atoms with Gasteiger partial charge in [-0.3, -0.25) is 0 Å². The topological polar surface area (TPSA) is 60.0 Å². The molecule has 106 valence electrons. The summed E-state index contributed by atoms with van der Waals surface area (Å²) in [5.74, 6) is -0.637. The van der Waals surface area contributed by atoms with Crippen LogP contribution in [0.5, 0.6) is 0 Å².